The van der Waals surface area contributed by atoms with Gasteiger partial charge in [-0.3, -0.25) is 4.79 Å². The lowest BCUT2D eigenvalue weighted by Gasteiger charge is -1.98. The largest absolute Gasteiger partial charge is 0.467 e. The van der Waals surface area contributed by atoms with E-state index >= 15 is 0 Å². The average molecular weight is 155 g/mol. The number of carbonyl (C=O) groups is 1. The van der Waals surface area contributed by atoms with E-state index in [2.05, 4.69) is 13.1 Å². The lowest BCUT2D eigenvalue weighted by atomic mass is 10.3. The van der Waals surface area contributed by atoms with Gasteiger partial charge < -0.3 is 0 Å². The highest BCUT2D eigenvalue weighted by Gasteiger charge is 2.24. The molecule has 0 heterocycles. The Morgan fingerprint density at radius 1 is 1.70 bits per heavy atom. The first kappa shape index (κ1) is 7.69. The lowest BCUT2D eigenvalue weighted by molar-refractivity contribution is -0.114. The molecule has 0 radical (unpaired) electrons. The van der Waals surface area contributed by atoms with Gasteiger partial charge in [0.1, 0.15) is 6.10 Å². The zero-order valence-electron chi connectivity index (χ0n) is 6.26. The van der Waals surface area contributed by atoms with Crippen LogP contribution in [0.1, 0.15) is 6.42 Å². The third-order valence-corrected chi connectivity index (χ3v) is 2.06. The number of hydrogen-bond donors (Lipinski definition) is 0. The molecule has 0 aromatic rings. The average Bonchev–Trinajstić information content (AvgIpc) is 2.13. The number of rotatable bonds is 2. The summed E-state index contributed by atoms with van der Waals surface area (Å²) < 4.78 is 5.48. The number of ketones is 1. The Hall–Kier alpha value is -0.413. The van der Waals surface area contributed by atoms with Crippen LogP contribution in [0, 0.1) is 0 Å². The van der Waals surface area contributed by atoms with Crippen molar-refractivity contribution in [3.63, 3.8) is 0 Å². The first-order chi connectivity index (χ1) is 4.68. The first-order valence-corrected chi connectivity index (χ1v) is 5.77. The summed E-state index contributed by atoms with van der Waals surface area (Å²) in [6, 6.07) is 0. The van der Waals surface area contributed by atoms with Gasteiger partial charge in [0.2, 0.25) is 0 Å². The fraction of sp³-hybridized carbons (Fsp3) is 0.571. The molecule has 0 fully saturated rings. The van der Waals surface area contributed by atoms with E-state index in [0.717, 1.165) is 0 Å². The Labute approximate surface area is 62.6 Å². The summed E-state index contributed by atoms with van der Waals surface area (Å²) in [5.74, 6) is 0.188. The zero-order chi connectivity index (χ0) is 7.56. The van der Waals surface area contributed by atoms with Crippen LogP contribution in [0.3, 0.4) is 0 Å². The Balaban J connectivity index is 2.33. The molecule has 1 aliphatic carbocycles. The highest BCUT2D eigenvalue weighted by Crippen LogP contribution is 2.10. The maximum atomic E-state index is 10.7. The van der Waals surface area contributed by atoms with E-state index in [9.17, 15) is 4.79 Å². The summed E-state index contributed by atoms with van der Waals surface area (Å²) in [5, 5.41) is 0. The number of allylic oxidation sites excluding steroid dienone is 1. The molecule has 0 aromatic heterocycles. The van der Waals surface area contributed by atoms with Gasteiger partial charge >= 0.3 is 9.04 Å². The van der Waals surface area contributed by atoms with Gasteiger partial charge in [0.05, 0.1) is 13.1 Å². The molecule has 0 spiro atoms. The second-order valence-corrected chi connectivity index (χ2v) is 4.65. The lowest BCUT2D eigenvalue weighted by Crippen LogP contribution is -2.17. The molecule has 0 aliphatic heterocycles. The minimum absolute atomic E-state index is 0.0800. The monoisotopic (exact) mass is 155 g/mol. The molecule has 1 unspecified atom stereocenters. The summed E-state index contributed by atoms with van der Waals surface area (Å²) in [7, 11) is -0.644. The van der Waals surface area contributed by atoms with Crippen LogP contribution in [0.15, 0.2) is 12.2 Å². The third-order valence-electron chi connectivity index (χ3n) is 1.29. The van der Waals surface area contributed by atoms with Crippen LogP contribution in [-0.2, 0) is 9.22 Å². The molecule has 0 N–H and O–H groups in total. The molecule has 0 saturated carbocycles. The van der Waals surface area contributed by atoms with Crippen molar-refractivity contribution in [1.82, 2.24) is 0 Å². The minimum atomic E-state index is -0.644. The molecule has 10 heavy (non-hydrogen) atoms. The van der Waals surface area contributed by atoms with Gasteiger partial charge in [-0.15, -0.1) is 0 Å². The van der Waals surface area contributed by atoms with Gasteiger partial charge in [-0.05, 0) is 12.2 Å². The summed E-state index contributed by atoms with van der Waals surface area (Å²) >= 11 is 0. The van der Waals surface area contributed by atoms with Crippen LogP contribution in [0.5, 0.6) is 0 Å². The van der Waals surface area contributed by atoms with E-state index in [1.165, 1.54) is 0 Å². The van der Waals surface area contributed by atoms with Crippen molar-refractivity contribution in [3.8, 4) is 0 Å². The van der Waals surface area contributed by atoms with Crippen molar-refractivity contribution in [2.45, 2.75) is 25.6 Å². The van der Waals surface area contributed by atoms with Crippen molar-refractivity contribution >= 4 is 14.8 Å². The minimum Gasteiger partial charge on any atom is -0.295 e. The van der Waals surface area contributed by atoms with Crippen LogP contribution >= 0.6 is 0 Å². The van der Waals surface area contributed by atoms with Crippen LogP contribution < -0.4 is 0 Å². The van der Waals surface area contributed by atoms with Gasteiger partial charge in [0, 0.05) is 6.42 Å². The molecule has 0 bridgehead atoms. The normalized spacial score (nSPS) is 23.8. The maximum Gasteiger partial charge on any atom is 0.467 e. The predicted molar refractivity (Wildman–Crippen MR) is 41.1 cm³/mol. The molecule has 0 aromatic carbocycles. The fourth-order valence-electron chi connectivity index (χ4n) is 0.933. The summed E-state index contributed by atoms with van der Waals surface area (Å²) in [6.45, 7) is 4.14. The summed E-state index contributed by atoms with van der Waals surface area (Å²) in [6.07, 6.45) is 4.09. The van der Waals surface area contributed by atoms with Gasteiger partial charge in [0.25, 0.3) is 0 Å². The quantitative estimate of drug-likeness (QED) is 0.559. The van der Waals surface area contributed by atoms with Crippen LogP contribution in [0.25, 0.3) is 0 Å². The van der Waals surface area contributed by atoms with E-state index in [4.69, 9.17) is 4.43 Å². The van der Waals surface area contributed by atoms with Crippen LogP contribution in [0.4, 0.5) is 0 Å². The molecular formula is C7H11O2Si+. The molecule has 1 aliphatic rings. The van der Waals surface area contributed by atoms with E-state index in [1.54, 1.807) is 6.08 Å². The van der Waals surface area contributed by atoms with E-state index in [-0.39, 0.29) is 11.9 Å². The maximum absolute atomic E-state index is 10.7. The van der Waals surface area contributed by atoms with E-state index in [1.807, 2.05) is 6.08 Å². The molecule has 0 saturated heterocycles. The Morgan fingerprint density at radius 3 is 2.80 bits per heavy atom. The van der Waals surface area contributed by atoms with E-state index < -0.39 is 9.04 Å². The molecule has 1 atom stereocenters. The second kappa shape index (κ2) is 3.12. The van der Waals surface area contributed by atoms with Gasteiger partial charge in [-0.2, -0.15) is 0 Å². The number of carbonyl (C=O) groups excluding carboxylic acids is 1. The van der Waals surface area contributed by atoms with Crippen molar-refractivity contribution in [1.29, 1.82) is 0 Å². The standard InChI is InChI=1S/C7H11O2Si/c1-10(2)9-7-4-3-6(8)5-7/h3-4,7H,5H2,1-2H3/q+1. The van der Waals surface area contributed by atoms with Crippen molar-refractivity contribution in [3.05, 3.63) is 12.2 Å². The second-order valence-electron chi connectivity index (χ2n) is 2.59. The highest BCUT2D eigenvalue weighted by atomic mass is 28.3. The molecule has 2 nitrogen and oxygen atoms in total. The van der Waals surface area contributed by atoms with Crippen molar-refractivity contribution in [2.24, 2.45) is 0 Å². The SMILES string of the molecule is C[Si+](C)OC1C=CC(=O)C1. The predicted octanol–water partition coefficient (Wildman–Crippen LogP) is 1.15. The molecule has 0 amide bonds. The van der Waals surface area contributed by atoms with Gasteiger partial charge in [0.15, 0.2) is 5.78 Å². The van der Waals surface area contributed by atoms with Gasteiger partial charge in [-0.1, -0.05) is 0 Å². The Kier molecular flexibility index (Phi) is 2.40. The van der Waals surface area contributed by atoms with Gasteiger partial charge in [-0.25, -0.2) is 4.43 Å². The highest BCUT2D eigenvalue weighted by molar-refractivity contribution is 6.48. The Morgan fingerprint density at radius 2 is 2.40 bits per heavy atom. The zero-order valence-corrected chi connectivity index (χ0v) is 7.26. The topological polar surface area (TPSA) is 26.3 Å². The number of hydrogen-bond acceptors (Lipinski definition) is 2. The van der Waals surface area contributed by atoms with Crippen molar-refractivity contribution < 1.29 is 9.22 Å². The molecule has 54 valence electrons. The first-order valence-electron chi connectivity index (χ1n) is 3.36. The van der Waals surface area contributed by atoms with Crippen LogP contribution in [0.2, 0.25) is 13.1 Å². The third kappa shape index (κ3) is 2.08. The summed E-state index contributed by atoms with van der Waals surface area (Å²) in [4.78, 5) is 10.7. The van der Waals surface area contributed by atoms with E-state index in [0.29, 0.717) is 6.42 Å². The smallest absolute Gasteiger partial charge is 0.295 e. The fourth-order valence-corrected chi connectivity index (χ4v) is 1.70. The Bertz CT molecular complexity index is 163. The van der Waals surface area contributed by atoms with Crippen molar-refractivity contribution in [2.75, 3.05) is 0 Å². The molecular weight excluding hydrogens is 144 g/mol. The molecule has 1 rings (SSSR count). The van der Waals surface area contributed by atoms with Crippen LogP contribution in [-0.4, -0.2) is 20.9 Å². The summed E-state index contributed by atoms with van der Waals surface area (Å²) in [5.41, 5.74) is 0. The molecule has 3 heteroatoms.